The average molecular weight is 600 g/mol. The predicted octanol–water partition coefficient (Wildman–Crippen LogP) is 5.90. The minimum Gasteiger partial charge on any atom is -0.478 e. The summed E-state index contributed by atoms with van der Waals surface area (Å²) < 4.78 is 3.09. The molecule has 1 aliphatic carbocycles. The molecule has 1 aliphatic rings. The highest BCUT2D eigenvalue weighted by molar-refractivity contribution is 7.24. The average Bonchev–Trinajstić information content (AvgIpc) is 3.72. The number of thiophene rings is 1. The molecule has 0 aliphatic heterocycles. The van der Waals surface area contributed by atoms with Gasteiger partial charge in [-0.05, 0) is 62.2 Å². The summed E-state index contributed by atoms with van der Waals surface area (Å²) in [6, 6.07) is 20.9. The van der Waals surface area contributed by atoms with E-state index in [-0.39, 0.29) is 30.3 Å². The van der Waals surface area contributed by atoms with Crippen LogP contribution in [0.2, 0.25) is 0 Å². The fourth-order valence-corrected chi connectivity index (χ4v) is 7.03. The van der Waals surface area contributed by atoms with E-state index < -0.39 is 5.97 Å². The zero-order valence-electron chi connectivity index (χ0n) is 22.9. The molecule has 9 nitrogen and oxygen atoms in total. The van der Waals surface area contributed by atoms with E-state index in [4.69, 9.17) is 10.4 Å². The van der Waals surface area contributed by atoms with E-state index in [9.17, 15) is 14.4 Å². The third-order valence-corrected chi connectivity index (χ3v) is 9.30. The maximum absolute atomic E-state index is 12.7. The molecule has 1 aromatic carbocycles. The molecule has 0 saturated heterocycles. The lowest BCUT2D eigenvalue weighted by atomic mass is 9.83. The van der Waals surface area contributed by atoms with Crippen LogP contribution in [-0.4, -0.2) is 44.9 Å². The molecule has 2 amide bonds. The van der Waals surface area contributed by atoms with Gasteiger partial charge in [-0.3, -0.25) is 14.6 Å². The number of pyridine rings is 1. The Morgan fingerprint density at radius 1 is 1.07 bits per heavy atom. The van der Waals surface area contributed by atoms with E-state index in [0.29, 0.717) is 10.4 Å². The molecule has 11 heteroatoms. The van der Waals surface area contributed by atoms with E-state index in [1.807, 2.05) is 65.9 Å². The fourth-order valence-electron chi connectivity index (χ4n) is 5.07. The number of nitrogens with one attached hydrogen (secondary N) is 2. The van der Waals surface area contributed by atoms with Gasteiger partial charge in [-0.25, -0.2) is 4.79 Å². The Labute approximate surface area is 250 Å². The maximum Gasteiger partial charge on any atom is 0.337 e. The predicted molar refractivity (Wildman–Crippen MR) is 164 cm³/mol. The minimum atomic E-state index is -0.880. The third-order valence-electron chi connectivity index (χ3n) is 7.10. The number of carboxylic acid groups (broad SMARTS) is 1. The summed E-state index contributed by atoms with van der Waals surface area (Å²) in [6.45, 7) is 1.93. The van der Waals surface area contributed by atoms with Crippen LogP contribution < -0.4 is 10.6 Å². The summed E-state index contributed by atoms with van der Waals surface area (Å²) in [5, 5.41) is 23.2. The second-order valence-electron chi connectivity index (χ2n) is 9.99. The molecule has 4 aromatic heterocycles. The van der Waals surface area contributed by atoms with Crippen LogP contribution in [0, 0.1) is 24.2 Å². The lowest BCUT2D eigenvalue weighted by Crippen LogP contribution is -2.48. The van der Waals surface area contributed by atoms with Crippen molar-refractivity contribution in [2.24, 2.45) is 5.92 Å². The van der Waals surface area contributed by atoms with Gasteiger partial charge in [-0.15, -0.1) is 22.7 Å². The van der Waals surface area contributed by atoms with Crippen LogP contribution in [0.1, 0.15) is 51.4 Å². The molecule has 1 fully saturated rings. The number of carboxylic acids is 1. The van der Waals surface area contributed by atoms with Crippen molar-refractivity contribution in [3.05, 3.63) is 83.0 Å². The number of carbonyl (C=O) groups is 3. The van der Waals surface area contributed by atoms with Crippen molar-refractivity contribution >= 4 is 55.5 Å². The number of aryl methyl sites for hydroxylation is 1. The van der Waals surface area contributed by atoms with Crippen molar-refractivity contribution in [1.29, 1.82) is 5.26 Å². The summed E-state index contributed by atoms with van der Waals surface area (Å²) >= 11 is 3.00. The van der Waals surface area contributed by atoms with Gasteiger partial charge in [0.2, 0.25) is 5.91 Å². The van der Waals surface area contributed by atoms with Gasteiger partial charge in [0.05, 0.1) is 43.2 Å². The van der Waals surface area contributed by atoms with E-state index >= 15 is 0 Å². The topological polar surface area (TPSA) is 137 Å². The Hall–Kier alpha value is -4.53. The van der Waals surface area contributed by atoms with Crippen molar-refractivity contribution in [1.82, 2.24) is 20.0 Å². The quantitative estimate of drug-likeness (QED) is 0.208. The van der Waals surface area contributed by atoms with Crippen molar-refractivity contribution in [3.63, 3.8) is 0 Å². The summed E-state index contributed by atoms with van der Waals surface area (Å²) in [5.41, 5.74) is 3.18. The van der Waals surface area contributed by atoms with Crippen molar-refractivity contribution < 1.29 is 19.5 Å². The zero-order valence-corrected chi connectivity index (χ0v) is 24.5. The van der Waals surface area contributed by atoms with Crippen molar-refractivity contribution in [3.8, 4) is 16.6 Å². The molecular weight excluding hydrogens is 571 g/mol. The molecule has 214 valence electrons. The van der Waals surface area contributed by atoms with Crippen LogP contribution in [0.3, 0.4) is 0 Å². The lowest BCUT2D eigenvalue weighted by molar-refractivity contribution is -0.126. The number of nitrogens with zero attached hydrogens (tertiary/aromatic N) is 3. The number of fused-ring (bicyclic) bond motifs is 3. The molecule has 0 radical (unpaired) electrons. The standard InChI is InChI=1S/C20H22N4O2S.C11H7NO2S/c1-13-5-4-8-16(23-13)17-9-10-18(27-17)20(26)24-15-7-3-2-6-14(15)19(25)22-12-11-21;13-11(14)7-5-10-12(6-7)8-3-1-2-4-9(8)15-10/h4-5,8-10,14-15H,2-3,6-7,12H2,1H3,(H,22,25)(H,24,26);1-6H,(H,13,14)/t14-,15+;/m1./s1. The van der Waals surface area contributed by atoms with Gasteiger partial charge in [0.1, 0.15) is 11.4 Å². The van der Waals surface area contributed by atoms with Crippen LogP contribution in [0.25, 0.3) is 25.6 Å². The van der Waals surface area contributed by atoms with Gasteiger partial charge in [0, 0.05) is 17.9 Å². The molecule has 42 heavy (non-hydrogen) atoms. The molecule has 5 aromatic rings. The van der Waals surface area contributed by atoms with Crippen molar-refractivity contribution in [2.45, 2.75) is 38.6 Å². The normalized spacial score (nSPS) is 16.3. The van der Waals surface area contributed by atoms with Crippen LogP contribution in [0.4, 0.5) is 0 Å². The highest BCUT2D eigenvalue weighted by atomic mass is 32.1. The minimum absolute atomic E-state index is 0.00617. The Balaban J connectivity index is 0.000000196. The second kappa shape index (κ2) is 13.0. The van der Waals surface area contributed by atoms with Gasteiger partial charge in [0.15, 0.2) is 0 Å². The summed E-state index contributed by atoms with van der Waals surface area (Å²) in [4.78, 5) is 42.8. The van der Waals surface area contributed by atoms with Crippen molar-refractivity contribution in [2.75, 3.05) is 6.54 Å². The summed E-state index contributed by atoms with van der Waals surface area (Å²) in [6.07, 6.45) is 5.10. The zero-order chi connectivity index (χ0) is 29.6. The third kappa shape index (κ3) is 6.51. The number of amides is 2. The van der Waals surface area contributed by atoms with Gasteiger partial charge in [-0.1, -0.05) is 31.0 Å². The SMILES string of the molecule is Cc1cccc(-c2ccc(C(=O)N[C@H]3CCCC[C@H]3C(=O)NCC#N)s2)n1.O=C(O)c1cc2sc3ccccc3n2c1. The lowest BCUT2D eigenvalue weighted by Gasteiger charge is -2.30. The number of aromatic nitrogens is 2. The van der Waals surface area contributed by atoms with E-state index in [2.05, 4.69) is 15.6 Å². The number of para-hydroxylation sites is 1. The monoisotopic (exact) mass is 599 g/mol. The first kappa shape index (κ1) is 29.0. The van der Waals surface area contributed by atoms with Gasteiger partial charge < -0.3 is 20.1 Å². The number of benzene rings is 1. The summed E-state index contributed by atoms with van der Waals surface area (Å²) in [7, 11) is 0. The molecule has 0 spiro atoms. The van der Waals surface area contributed by atoms with E-state index in [1.165, 1.54) is 16.0 Å². The van der Waals surface area contributed by atoms with Gasteiger partial charge in [0.25, 0.3) is 5.91 Å². The highest BCUT2D eigenvalue weighted by Crippen LogP contribution is 2.30. The van der Waals surface area contributed by atoms with Crippen LogP contribution >= 0.6 is 22.7 Å². The maximum atomic E-state index is 12.7. The van der Waals surface area contributed by atoms with Crippen LogP contribution in [0.5, 0.6) is 0 Å². The molecule has 0 unspecified atom stereocenters. The Kier molecular flexibility index (Phi) is 8.95. The molecule has 6 rings (SSSR count). The van der Waals surface area contributed by atoms with E-state index in [1.54, 1.807) is 29.7 Å². The van der Waals surface area contributed by atoms with Crippen LogP contribution in [-0.2, 0) is 4.79 Å². The second-order valence-corrected chi connectivity index (χ2v) is 12.1. The molecular formula is C31H29N5O4S2. The molecule has 0 bridgehead atoms. The number of nitriles is 1. The molecule has 1 saturated carbocycles. The number of rotatable bonds is 6. The number of aromatic carboxylic acids is 1. The smallest absolute Gasteiger partial charge is 0.337 e. The number of hydrogen-bond acceptors (Lipinski definition) is 7. The molecule has 3 N–H and O–H groups in total. The van der Waals surface area contributed by atoms with E-state index in [0.717, 1.165) is 52.3 Å². The first-order valence-electron chi connectivity index (χ1n) is 13.6. The van der Waals surface area contributed by atoms with Gasteiger partial charge >= 0.3 is 5.97 Å². The largest absolute Gasteiger partial charge is 0.478 e. The number of thiazole rings is 1. The molecule has 2 atom stereocenters. The first-order valence-corrected chi connectivity index (χ1v) is 15.2. The molecule has 4 heterocycles. The van der Waals surface area contributed by atoms with Crippen LogP contribution in [0.15, 0.2) is 66.9 Å². The Morgan fingerprint density at radius 3 is 2.67 bits per heavy atom. The number of hydrogen-bond donors (Lipinski definition) is 3. The Bertz CT molecular complexity index is 1800. The number of carbonyl (C=O) groups excluding carboxylic acids is 2. The highest BCUT2D eigenvalue weighted by Gasteiger charge is 2.32. The first-order chi connectivity index (χ1) is 20.3. The van der Waals surface area contributed by atoms with Gasteiger partial charge in [-0.2, -0.15) is 5.26 Å². The fraction of sp³-hybridized carbons (Fsp3) is 0.258. The Morgan fingerprint density at radius 2 is 1.88 bits per heavy atom. The summed E-state index contributed by atoms with van der Waals surface area (Å²) in [5.74, 6) is -1.48.